The van der Waals surface area contributed by atoms with Crippen LogP contribution < -0.4 is 10.9 Å². The summed E-state index contributed by atoms with van der Waals surface area (Å²) in [7, 11) is 1.51. The molecule has 0 spiro atoms. The first-order valence-electron chi connectivity index (χ1n) is 8.27. The zero-order chi connectivity index (χ0) is 19.8. The van der Waals surface area contributed by atoms with Crippen molar-refractivity contribution in [3.8, 4) is 0 Å². The van der Waals surface area contributed by atoms with E-state index in [1.165, 1.54) is 13.2 Å². The molecule has 8 nitrogen and oxygen atoms in total. The quantitative estimate of drug-likeness (QED) is 0.403. The number of nitrogens with zero attached hydrogens (tertiary/aromatic N) is 1. The topological polar surface area (TPSA) is 110 Å². The average molecular weight is 391 g/mol. The van der Waals surface area contributed by atoms with Crippen LogP contribution in [-0.4, -0.2) is 40.8 Å². The summed E-state index contributed by atoms with van der Waals surface area (Å²) < 4.78 is 9.98. The molecular weight excluding hydrogens is 370 g/mol. The van der Waals surface area contributed by atoms with E-state index in [1.54, 1.807) is 38.1 Å². The molecule has 0 fully saturated rings. The molecule has 0 saturated carbocycles. The van der Waals surface area contributed by atoms with Crippen LogP contribution in [0.15, 0.2) is 40.3 Å². The molecule has 0 aliphatic carbocycles. The number of carbonyl (C=O) groups is 2. The normalized spacial score (nSPS) is 11.7. The van der Waals surface area contributed by atoms with Gasteiger partial charge in [0.05, 0.1) is 35.4 Å². The monoisotopic (exact) mass is 391 g/mol. The van der Waals surface area contributed by atoms with Crippen LogP contribution in [0.2, 0.25) is 0 Å². The van der Waals surface area contributed by atoms with Gasteiger partial charge in [0.2, 0.25) is 5.91 Å². The molecule has 2 rings (SSSR count). The number of para-hydroxylation sites is 1. The zero-order valence-corrected chi connectivity index (χ0v) is 16.1. The van der Waals surface area contributed by atoms with E-state index < -0.39 is 11.2 Å². The Morgan fingerprint density at radius 3 is 2.78 bits per heavy atom. The number of thioether (sulfide) groups is 1. The highest BCUT2D eigenvalue weighted by molar-refractivity contribution is 8.00. The van der Waals surface area contributed by atoms with Gasteiger partial charge in [0.25, 0.3) is 5.56 Å². The second-order valence-electron chi connectivity index (χ2n) is 5.49. The smallest absolute Gasteiger partial charge is 0.340 e. The number of hydrogen-bond donors (Lipinski definition) is 2. The van der Waals surface area contributed by atoms with E-state index >= 15 is 0 Å². The fourth-order valence-electron chi connectivity index (χ4n) is 2.20. The van der Waals surface area contributed by atoms with E-state index in [2.05, 4.69) is 15.3 Å². The molecule has 1 aromatic heterocycles. The van der Waals surface area contributed by atoms with Crippen LogP contribution in [0, 0.1) is 0 Å². The second kappa shape index (κ2) is 9.89. The maximum atomic E-state index is 12.5. The van der Waals surface area contributed by atoms with Crippen LogP contribution in [-0.2, 0) is 20.9 Å². The first kappa shape index (κ1) is 20.7. The Morgan fingerprint density at radius 2 is 2.07 bits per heavy atom. The van der Waals surface area contributed by atoms with Gasteiger partial charge in [0, 0.05) is 13.2 Å². The van der Waals surface area contributed by atoms with Crippen LogP contribution in [0.5, 0.6) is 0 Å². The number of aromatic nitrogens is 2. The highest BCUT2D eigenvalue weighted by Crippen LogP contribution is 2.22. The van der Waals surface area contributed by atoms with Gasteiger partial charge in [-0.25, -0.2) is 9.78 Å². The summed E-state index contributed by atoms with van der Waals surface area (Å²) in [5.74, 6) is -0.844. The molecule has 1 amide bonds. The minimum Gasteiger partial charge on any atom is -0.462 e. The van der Waals surface area contributed by atoms with Crippen molar-refractivity contribution in [3.63, 3.8) is 0 Å². The summed E-state index contributed by atoms with van der Waals surface area (Å²) >= 11 is 1.10. The molecule has 27 heavy (non-hydrogen) atoms. The lowest BCUT2D eigenvalue weighted by Gasteiger charge is -2.14. The van der Waals surface area contributed by atoms with Crippen LogP contribution >= 0.6 is 11.8 Å². The Morgan fingerprint density at radius 1 is 1.33 bits per heavy atom. The van der Waals surface area contributed by atoms with Crippen molar-refractivity contribution in [2.45, 2.75) is 30.9 Å². The van der Waals surface area contributed by atoms with E-state index in [4.69, 9.17) is 9.47 Å². The highest BCUT2D eigenvalue weighted by Gasteiger charge is 2.19. The lowest BCUT2D eigenvalue weighted by Crippen LogP contribution is -2.24. The molecule has 144 valence electrons. The van der Waals surface area contributed by atoms with Gasteiger partial charge in [-0.05, 0) is 26.0 Å². The summed E-state index contributed by atoms with van der Waals surface area (Å²) in [6, 6.07) is 7.95. The molecule has 0 radical (unpaired) electrons. The minimum absolute atomic E-state index is 0.199. The lowest BCUT2D eigenvalue weighted by molar-refractivity contribution is -0.115. The Hall–Kier alpha value is -2.65. The maximum Gasteiger partial charge on any atom is 0.340 e. The van der Waals surface area contributed by atoms with Gasteiger partial charge in [0.1, 0.15) is 0 Å². The van der Waals surface area contributed by atoms with Crippen LogP contribution in [0.3, 0.4) is 0 Å². The van der Waals surface area contributed by atoms with E-state index in [0.717, 1.165) is 11.8 Å². The van der Waals surface area contributed by atoms with Gasteiger partial charge in [-0.15, -0.1) is 0 Å². The number of anilines is 1. The van der Waals surface area contributed by atoms with E-state index in [-0.39, 0.29) is 30.2 Å². The number of nitrogens with one attached hydrogen (secondary N) is 2. The Balaban J connectivity index is 2.11. The molecule has 0 aliphatic heterocycles. The number of ether oxygens (including phenoxy) is 2. The molecule has 0 saturated heterocycles. The Labute approximate surface area is 160 Å². The Kier molecular flexibility index (Phi) is 7.56. The van der Waals surface area contributed by atoms with Gasteiger partial charge in [-0.3, -0.25) is 9.59 Å². The standard InChI is InChI=1S/C18H21N3O5S/c1-4-26-17(24)13-7-5-6-8-14(13)20-16(23)11(2)27-18-19-12(10-25-3)9-15(22)21-18/h5-9,11H,4,10H2,1-3H3,(H,20,23)(H,19,21,22). The van der Waals surface area contributed by atoms with E-state index in [9.17, 15) is 14.4 Å². The van der Waals surface area contributed by atoms with E-state index in [1.807, 2.05) is 0 Å². The summed E-state index contributed by atoms with van der Waals surface area (Å²) in [4.78, 5) is 43.1. The Bertz CT molecular complexity index is 868. The number of H-pyrrole nitrogens is 1. The van der Waals surface area contributed by atoms with E-state index in [0.29, 0.717) is 16.5 Å². The highest BCUT2D eigenvalue weighted by atomic mass is 32.2. The number of methoxy groups -OCH3 is 1. The molecule has 1 atom stereocenters. The van der Waals surface area contributed by atoms with Crippen molar-refractivity contribution in [1.82, 2.24) is 9.97 Å². The van der Waals surface area contributed by atoms with Crippen LogP contribution in [0.25, 0.3) is 0 Å². The predicted octanol–water partition coefficient (Wildman–Crippen LogP) is 2.21. The van der Waals surface area contributed by atoms with Crippen molar-refractivity contribution in [2.24, 2.45) is 0 Å². The molecule has 1 heterocycles. The van der Waals surface area contributed by atoms with Gasteiger partial charge in [-0.1, -0.05) is 23.9 Å². The van der Waals surface area contributed by atoms with Crippen LogP contribution in [0.4, 0.5) is 5.69 Å². The van der Waals surface area contributed by atoms with Crippen LogP contribution in [0.1, 0.15) is 29.9 Å². The van der Waals surface area contributed by atoms with Crippen molar-refractivity contribution < 1.29 is 19.1 Å². The summed E-state index contributed by atoms with van der Waals surface area (Å²) in [5.41, 5.74) is 0.797. The van der Waals surface area contributed by atoms with Gasteiger partial charge in [-0.2, -0.15) is 0 Å². The number of hydrogen-bond acceptors (Lipinski definition) is 7. The summed E-state index contributed by atoms with van der Waals surface area (Å²) in [5, 5.41) is 2.47. The fraction of sp³-hybridized carbons (Fsp3) is 0.333. The molecule has 1 unspecified atom stereocenters. The number of aromatic amines is 1. The molecule has 2 aromatic rings. The molecule has 9 heteroatoms. The van der Waals surface area contributed by atoms with Gasteiger partial charge >= 0.3 is 5.97 Å². The molecule has 2 N–H and O–H groups in total. The fourth-order valence-corrected chi connectivity index (χ4v) is 3.03. The molecule has 1 aromatic carbocycles. The first-order valence-corrected chi connectivity index (χ1v) is 9.15. The number of amides is 1. The molecule has 0 aliphatic rings. The third-order valence-corrected chi connectivity index (χ3v) is 4.39. The number of benzene rings is 1. The lowest BCUT2D eigenvalue weighted by atomic mass is 10.1. The average Bonchev–Trinajstić information content (AvgIpc) is 2.62. The second-order valence-corrected chi connectivity index (χ2v) is 6.82. The predicted molar refractivity (Wildman–Crippen MR) is 102 cm³/mol. The van der Waals surface area contributed by atoms with Crippen molar-refractivity contribution >= 4 is 29.3 Å². The third kappa shape index (κ3) is 5.93. The number of carbonyl (C=O) groups excluding carboxylic acids is 2. The number of esters is 1. The van der Waals surface area contributed by atoms with Gasteiger partial charge in [0.15, 0.2) is 5.16 Å². The largest absolute Gasteiger partial charge is 0.462 e. The van der Waals surface area contributed by atoms with Gasteiger partial charge < -0.3 is 19.8 Å². The number of rotatable bonds is 8. The van der Waals surface area contributed by atoms with Crippen molar-refractivity contribution in [2.75, 3.05) is 19.0 Å². The minimum atomic E-state index is -0.568. The molecule has 0 bridgehead atoms. The van der Waals surface area contributed by atoms with Crippen molar-refractivity contribution in [1.29, 1.82) is 0 Å². The summed E-state index contributed by atoms with van der Waals surface area (Å²) in [6.45, 7) is 3.83. The third-order valence-electron chi connectivity index (χ3n) is 3.40. The SMILES string of the molecule is CCOC(=O)c1ccccc1NC(=O)C(C)Sc1nc(COC)cc(=O)[nH]1. The summed E-state index contributed by atoms with van der Waals surface area (Å²) in [6.07, 6.45) is 0. The van der Waals surface area contributed by atoms with Crippen molar-refractivity contribution in [3.05, 3.63) is 51.9 Å². The zero-order valence-electron chi connectivity index (χ0n) is 15.3. The molecular formula is C18H21N3O5S. The first-order chi connectivity index (χ1) is 12.9. The maximum absolute atomic E-state index is 12.5.